The van der Waals surface area contributed by atoms with Gasteiger partial charge in [-0.2, -0.15) is 0 Å². The molecule has 0 unspecified atom stereocenters. The summed E-state index contributed by atoms with van der Waals surface area (Å²) in [5.41, 5.74) is 2.07. The van der Waals surface area contributed by atoms with Crippen LogP contribution in [0, 0.1) is 0 Å². The van der Waals surface area contributed by atoms with Gasteiger partial charge in [0.05, 0.1) is 12.1 Å². The number of hydrogen-bond acceptors (Lipinski definition) is 6. The predicted octanol–water partition coefficient (Wildman–Crippen LogP) is 2.00. The van der Waals surface area contributed by atoms with E-state index < -0.39 is 0 Å². The molecule has 2 aromatic heterocycles. The average Bonchev–Trinajstić information content (AvgIpc) is 3.15. The van der Waals surface area contributed by atoms with Gasteiger partial charge < -0.3 is 15.7 Å². The van der Waals surface area contributed by atoms with Crippen LogP contribution in [-0.2, 0) is 11.2 Å². The second kappa shape index (κ2) is 8.91. The lowest BCUT2D eigenvalue weighted by Crippen LogP contribution is -2.35. The molecule has 27 heavy (non-hydrogen) atoms. The molecule has 3 N–H and O–H groups in total. The fraction of sp³-hybridized carbons (Fsp3) is 0.158. The molecule has 0 aliphatic rings. The van der Waals surface area contributed by atoms with E-state index >= 15 is 0 Å². The Morgan fingerprint density at radius 1 is 1.07 bits per heavy atom. The van der Waals surface area contributed by atoms with Gasteiger partial charge in [-0.3, -0.25) is 14.6 Å². The van der Waals surface area contributed by atoms with Crippen LogP contribution >= 0.6 is 11.3 Å². The number of aromatic nitrogens is 2. The molecule has 0 atom stereocenters. The number of phenolic OH excluding ortho intramolecular Hbond substituents is 1. The molecule has 138 valence electrons. The number of hydrogen-bond donors (Lipinski definition) is 3. The van der Waals surface area contributed by atoms with Crippen LogP contribution in [0.5, 0.6) is 5.75 Å². The maximum atomic E-state index is 12.0. The molecule has 0 spiro atoms. The van der Waals surface area contributed by atoms with Crippen LogP contribution in [0.15, 0.2) is 54.2 Å². The molecule has 0 saturated heterocycles. The Bertz CT molecular complexity index is 910. The third-order valence-corrected chi connectivity index (χ3v) is 4.60. The second-order valence-corrected chi connectivity index (χ2v) is 6.57. The monoisotopic (exact) mass is 382 g/mol. The van der Waals surface area contributed by atoms with Crippen molar-refractivity contribution >= 4 is 23.2 Å². The highest BCUT2D eigenvalue weighted by atomic mass is 32.1. The maximum absolute atomic E-state index is 12.0. The lowest BCUT2D eigenvalue weighted by atomic mass is 10.2. The van der Waals surface area contributed by atoms with E-state index in [4.69, 9.17) is 0 Å². The van der Waals surface area contributed by atoms with Crippen LogP contribution < -0.4 is 10.6 Å². The first-order valence-corrected chi connectivity index (χ1v) is 9.18. The molecule has 0 aliphatic carbocycles. The van der Waals surface area contributed by atoms with Crippen LogP contribution in [0.3, 0.4) is 0 Å². The van der Waals surface area contributed by atoms with Crippen molar-refractivity contribution in [1.29, 1.82) is 0 Å². The summed E-state index contributed by atoms with van der Waals surface area (Å²) in [6, 6.07) is 9.73. The smallest absolute Gasteiger partial charge is 0.251 e. The molecular formula is C19H18N4O3S. The standard InChI is InChI=1S/C19H18N4O3S/c24-16-5-3-13(4-6-16)18(26)22-9-8-21-17(25)10-15-12-27-19(23-15)14-2-1-7-20-11-14/h1-7,11-12,24H,8-10H2,(H,21,25)(H,22,26). The zero-order valence-corrected chi connectivity index (χ0v) is 15.2. The number of carbonyl (C=O) groups excluding carboxylic acids is 2. The molecule has 0 bridgehead atoms. The Kier molecular flexibility index (Phi) is 6.11. The van der Waals surface area contributed by atoms with Crippen molar-refractivity contribution in [3.05, 3.63) is 65.4 Å². The minimum Gasteiger partial charge on any atom is -0.508 e. The summed E-state index contributed by atoms with van der Waals surface area (Å²) in [5, 5.41) is 17.4. The van der Waals surface area contributed by atoms with Gasteiger partial charge in [0.25, 0.3) is 5.91 Å². The molecule has 8 heteroatoms. The zero-order valence-electron chi connectivity index (χ0n) is 14.4. The summed E-state index contributed by atoms with van der Waals surface area (Å²) in [6.45, 7) is 0.631. The highest BCUT2D eigenvalue weighted by Crippen LogP contribution is 2.22. The quantitative estimate of drug-likeness (QED) is 0.542. The van der Waals surface area contributed by atoms with Crippen molar-refractivity contribution in [2.24, 2.45) is 0 Å². The Balaban J connectivity index is 1.40. The molecule has 2 heterocycles. The van der Waals surface area contributed by atoms with Gasteiger partial charge in [-0.1, -0.05) is 0 Å². The van der Waals surface area contributed by atoms with Crippen molar-refractivity contribution in [3.63, 3.8) is 0 Å². The van der Waals surface area contributed by atoms with Gasteiger partial charge in [-0.25, -0.2) is 4.98 Å². The van der Waals surface area contributed by atoms with Gasteiger partial charge >= 0.3 is 0 Å². The summed E-state index contributed by atoms with van der Waals surface area (Å²) < 4.78 is 0. The molecule has 0 fully saturated rings. The maximum Gasteiger partial charge on any atom is 0.251 e. The van der Waals surface area contributed by atoms with Gasteiger partial charge in [-0.15, -0.1) is 11.3 Å². The summed E-state index contributed by atoms with van der Waals surface area (Å²) in [6.07, 6.45) is 3.62. The number of thiazole rings is 1. The van der Waals surface area contributed by atoms with E-state index in [-0.39, 0.29) is 24.0 Å². The van der Waals surface area contributed by atoms with Crippen LogP contribution in [0.1, 0.15) is 16.1 Å². The Labute approximate surface area is 160 Å². The number of rotatable bonds is 7. The lowest BCUT2D eigenvalue weighted by molar-refractivity contribution is -0.120. The van der Waals surface area contributed by atoms with Gasteiger partial charge in [0, 0.05) is 42.0 Å². The van der Waals surface area contributed by atoms with E-state index in [1.165, 1.54) is 35.6 Å². The fourth-order valence-corrected chi connectivity index (χ4v) is 3.14. The van der Waals surface area contributed by atoms with Gasteiger partial charge in [0.2, 0.25) is 5.91 Å². The van der Waals surface area contributed by atoms with Crippen LogP contribution in [0.4, 0.5) is 0 Å². The Morgan fingerprint density at radius 3 is 2.59 bits per heavy atom. The molecule has 3 rings (SSSR count). The van der Waals surface area contributed by atoms with Crippen LogP contribution in [0.25, 0.3) is 10.6 Å². The first-order valence-electron chi connectivity index (χ1n) is 8.30. The summed E-state index contributed by atoms with van der Waals surface area (Å²) in [7, 11) is 0. The van der Waals surface area contributed by atoms with E-state index in [0.29, 0.717) is 24.3 Å². The Hall–Kier alpha value is -3.26. The van der Waals surface area contributed by atoms with Crippen molar-refractivity contribution in [3.8, 4) is 16.3 Å². The number of pyridine rings is 1. The van der Waals surface area contributed by atoms with Gasteiger partial charge in [0.15, 0.2) is 0 Å². The fourth-order valence-electron chi connectivity index (χ4n) is 2.33. The summed E-state index contributed by atoms with van der Waals surface area (Å²) in [4.78, 5) is 32.4. The number of nitrogens with one attached hydrogen (secondary N) is 2. The number of amides is 2. The lowest BCUT2D eigenvalue weighted by Gasteiger charge is -2.07. The molecule has 0 radical (unpaired) electrons. The van der Waals surface area contributed by atoms with E-state index in [1.807, 2.05) is 17.5 Å². The molecule has 7 nitrogen and oxygen atoms in total. The third-order valence-electron chi connectivity index (χ3n) is 3.66. The first kappa shape index (κ1) is 18.5. The molecule has 3 aromatic rings. The molecule has 1 aromatic carbocycles. The van der Waals surface area contributed by atoms with Crippen molar-refractivity contribution in [2.75, 3.05) is 13.1 Å². The van der Waals surface area contributed by atoms with Crippen molar-refractivity contribution in [1.82, 2.24) is 20.6 Å². The summed E-state index contributed by atoms with van der Waals surface area (Å²) >= 11 is 1.47. The normalized spacial score (nSPS) is 10.4. The minimum atomic E-state index is -0.259. The van der Waals surface area contributed by atoms with E-state index in [0.717, 1.165) is 10.6 Å². The highest BCUT2D eigenvalue weighted by molar-refractivity contribution is 7.13. The van der Waals surface area contributed by atoms with Gasteiger partial charge in [0.1, 0.15) is 10.8 Å². The minimum absolute atomic E-state index is 0.104. The molecule has 0 saturated carbocycles. The van der Waals surface area contributed by atoms with E-state index in [2.05, 4.69) is 20.6 Å². The third kappa shape index (κ3) is 5.35. The molecular weight excluding hydrogens is 364 g/mol. The molecule has 0 aliphatic heterocycles. The number of nitrogens with zero attached hydrogens (tertiary/aromatic N) is 2. The molecule has 2 amide bonds. The van der Waals surface area contributed by atoms with Crippen molar-refractivity contribution < 1.29 is 14.7 Å². The number of carbonyl (C=O) groups is 2. The highest BCUT2D eigenvalue weighted by Gasteiger charge is 2.09. The predicted molar refractivity (Wildman–Crippen MR) is 102 cm³/mol. The zero-order chi connectivity index (χ0) is 19.1. The van der Waals surface area contributed by atoms with E-state index in [1.54, 1.807) is 12.4 Å². The average molecular weight is 382 g/mol. The van der Waals surface area contributed by atoms with Crippen LogP contribution in [0.2, 0.25) is 0 Å². The summed E-state index contributed by atoms with van der Waals surface area (Å²) in [5.74, 6) is -0.311. The van der Waals surface area contributed by atoms with Crippen molar-refractivity contribution in [2.45, 2.75) is 6.42 Å². The van der Waals surface area contributed by atoms with E-state index in [9.17, 15) is 14.7 Å². The number of benzene rings is 1. The van der Waals surface area contributed by atoms with Crippen LogP contribution in [-0.4, -0.2) is 40.0 Å². The first-order chi connectivity index (χ1) is 13.1. The number of phenols is 1. The topological polar surface area (TPSA) is 104 Å². The SMILES string of the molecule is O=C(Cc1csc(-c2cccnc2)n1)NCCNC(=O)c1ccc(O)cc1. The van der Waals surface area contributed by atoms with Gasteiger partial charge in [-0.05, 0) is 36.4 Å². The second-order valence-electron chi connectivity index (χ2n) is 5.72. The Morgan fingerprint density at radius 2 is 1.85 bits per heavy atom. The largest absolute Gasteiger partial charge is 0.508 e. The number of aromatic hydroxyl groups is 1.